The molecular weight excluding hydrogens is 330 g/mol. The molecule has 3 rings (SSSR count). The third-order valence-electron chi connectivity index (χ3n) is 4.59. The lowest BCUT2D eigenvalue weighted by atomic mass is 9.94. The maximum atomic E-state index is 10.9. The van der Waals surface area contributed by atoms with Gasteiger partial charge in [0.25, 0.3) is 0 Å². The summed E-state index contributed by atoms with van der Waals surface area (Å²) in [7, 11) is 0. The Morgan fingerprint density at radius 2 is 2.04 bits per heavy atom. The van der Waals surface area contributed by atoms with Gasteiger partial charge in [0.2, 0.25) is 5.91 Å². The molecule has 140 valence electrons. The molecule has 5 heteroatoms. The highest BCUT2D eigenvalue weighted by molar-refractivity contribution is 5.87. The fraction of sp³-hybridized carbons (Fsp3) is 0.476. The van der Waals surface area contributed by atoms with Gasteiger partial charge in [-0.15, -0.1) is 0 Å². The Hall–Kier alpha value is -2.11. The van der Waals surface area contributed by atoms with E-state index >= 15 is 0 Å². The molecule has 5 nitrogen and oxygen atoms in total. The zero-order valence-electron chi connectivity index (χ0n) is 15.5. The Labute approximate surface area is 154 Å². The van der Waals surface area contributed by atoms with Crippen molar-refractivity contribution in [3.05, 3.63) is 42.0 Å². The maximum absolute atomic E-state index is 10.9. The third kappa shape index (κ3) is 4.74. The molecule has 1 fully saturated rings. The van der Waals surface area contributed by atoms with Crippen molar-refractivity contribution in [2.45, 2.75) is 38.9 Å². The van der Waals surface area contributed by atoms with Gasteiger partial charge in [-0.05, 0) is 41.8 Å². The van der Waals surface area contributed by atoms with E-state index in [2.05, 4.69) is 35.6 Å². The van der Waals surface area contributed by atoms with Crippen LogP contribution < -0.4 is 10.1 Å². The van der Waals surface area contributed by atoms with Gasteiger partial charge in [0.15, 0.2) is 6.29 Å². The van der Waals surface area contributed by atoms with E-state index in [0.717, 1.165) is 18.6 Å². The minimum Gasteiger partial charge on any atom is -0.494 e. The Kier molecular flexibility index (Phi) is 6.47. The predicted octanol–water partition coefficient (Wildman–Crippen LogP) is 3.61. The van der Waals surface area contributed by atoms with Gasteiger partial charge >= 0.3 is 0 Å². The van der Waals surface area contributed by atoms with E-state index in [1.54, 1.807) is 0 Å². The molecule has 1 aliphatic rings. The maximum Gasteiger partial charge on any atom is 0.216 e. The zero-order valence-corrected chi connectivity index (χ0v) is 15.5. The average molecular weight is 357 g/mol. The molecule has 0 aliphatic carbocycles. The van der Waals surface area contributed by atoms with Crippen LogP contribution in [0.15, 0.2) is 36.4 Å². The van der Waals surface area contributed by atoms with E-state index in [1.807, 2.05) is 13.0 Å². The second kappa shape index (κ2) is 9.01. The first-order valence-corrected chi connectivity index (χ1v) is 9.30. The molecule has 2 aromatic carbocycles. The van der Waals surface area contributed by atoms with E-state index in [-0.39, 0.29) is 18.1 Å². The van der Waals surface area contributed by atoms with Gasteiger partial charge in [-0.3, -0.25) is 4.79 Å². The molecule has 0 unspecified atom stereocenters. The fourth-order valence-corrected chi connectivity index (χ4v) is 3.32. The first-order valence-electron chi connectivity index (χ1n) is 9.30. The van der Waals surface area contributed by atoms with Gasteiger partial charge in [0, 0.05) is 25.8 Å². The molecule has 1 amide bonds. The molecule has 26 heavy (non-hydrogen) atoms. The second-order valence-corrected chi connectivity index (χ2v) is 6.58. The van der Waals surface area contributed by atoms with Crippen LogP contribution in [0.5, 0.6) is 5.75 Å². The van der Waals surface area contributed by atoms with Crippen LogP contribution in [0.4, 0.5) is 0 Å². The van der Waals surface area contributed by atoms with Crippen LogP contribution in [0.3, 0.4) is 0 Å². The number of hydrogen-bond donors (Lipinski definition) is 1. The topological polar surface area (TPSA) is 56.8 Å². The molecule has 0 spiro atoms. The first kappa shape index (κ1) is 18.7. The molecule has 0 radical (unpaired) electrons. The largest absolute Gasteiger partial charge is 0.494 e. The van der Waals surface area contributed by atoms with Gasteiger partial charge in [0.1, 0.15) is 5.75 Å². The highest BCUT2D eigenvalue weighted by Gasteiger charge is 2.24. The average Bonchev–Trinajstić information content (AvgIpc) is 2.65. The number of nitrogens with one attached hydrogen (secondary N) is 1. The number of benzene rings is 2. The number of rotatable bonds is 7. The summed E-state index contributed by atoms with van der Waals surface area (Å²) in [5.74, 6) is 1.12. The summed E-state index contributed by atoms with van der Waals surface area (Å²) in [6.07, 6.45) is 1.46. The van der Waals surface area contributed by atoms with Crippen molar-refractivity contribution in [2.75, 3.05) is 26.4 Å². The van der Waals surface area contributed by atoms with Crippen LogP contribution in [-0.4, -0.2) is 38.6 Å². The molecule has 1 N–H and O–H groups in total. The van der Waals surface area contributed by atoms with Crippen LogP contribution in [0.25, 0.3) is 10.8 Å². The summed E-state index contributed by atoms with van der Waals surface area (Å²) in [4.78, 5) is 10.9. The van der Waals surface area contributed by atoms with Crippen molar-refractivity contribution in [1.82, 2.24) is 5.32 Å². The Morgan fingerprint density at radius 3 is 2.77 bits per heavy atom. The molecule has 0 bridgehead atoms. The predicted molar refractivity (Wildman–Crippen MR) is 101 cm³/mol. The molecule has 0 aromatic heterocycles. The smallest absolute Gasteiger partial charge is 0.216 e. The summed E-state index contributed by atoms with van der Waals surface area (Å²) in [5.41, 5.74) is 1.25. The zero-order chi connectivity index (χ0) is 18.4. The SMILES string of the molecule is CCOc1ccc2c(C3COC(CCCNC(C)=O)OC3)cccc2c1. The van der Waals surface area contributed by atoms with Gasteiger partial charge in [-0.1, -0.05) is 24.3 Å². The summed E-state index contributed by atoms with van der Waals surface area (Å²) in [6, 6.07) is 12.6. The molecule has 1 saturated heterocycles. The Balaban J connectivity index is 1.60. The van der Waals surface area contributed by atoms with Gasteiger partial charge < -0.3 is 19.5 Å². The summed E-state index contributed by atoms with van der Waals surface area (Å²) >= 11 is 0. The number of fused-ring (bicyclic) bond motifs is 1. The lowest BCUT2D eigenvalue weighted by Gasteiger charge is -2.30. The van der Waals surface area contributed by atoms with E-state index < -0.39 is 0 Å². The minimum absolute atomic E-state index is 0.000931. The van der Waals surface area contributed by atoms with Crippen LogP contribution in [0.1, 0.15) is 38.2 Å². The van der Waals surface area contributed by atoms with Crippen LogP contribution in [-0.2, 0) is 14.3 Å². The van der Waals surface area contributed by atoms with Crippen LogP contribution in [0.2, 0.25) is 0 Å². The Morgan fingerprint density at radius 1 is 1.23 bits per heavy atom. The summed E-state index contributed by atoms with van der Waals surface area (Å²) < 4.78 is 17.4. The van der Waals surface area contributed by atoms with E-state index in [9.17, 15) is 4.79 Å². The number of ether oxygens (including phenoxy) is 3. The monoisotopic (exact) mass is 357 g/mol. The van der Waals surface area contributed by atoms with Crippen molar-refractivity contribution in [1.29, 1.82) is 0 Å². The molecule has 0 saturated carbocycles. The van der Waals surface area contributed by atoms with Crippen molar-refractivity contribution < 1.29 is 19.0 Å². The van der Waals surface area contributed by atoms with Crippen LogP contribution >= 0.6 is 0 Å². The number of hydrogen-bond acceptors (Lipinski definition) is 4. The van der Waals surface area contributed by atoms with Gasteiger partial charge in [-0.25, -0.2) is 0 Å². The Bertz CT molecular complexity index is 738. The number of carbonyl (C=O) groups excluding carboxylic acids is 1. The fourth-order valence-electron chi connectivity index (χ4n) is 3.32. The van der Waals surface area contributed by atoms with Gasteiger partial charge in [-0.2, -0.15) is 0 Å². The lowest BCUT2D eigenvalue weighted by Crippen LogP contribution is -2.32. The molecular formula is C21H27NO4. The van der Waals surface area contributed by atoms with Crippen LogP contribution in [0, 0.1) is 0 Å². The number of carbonyl (C=O) groups is 1. The summed E-state index contributed by atoms with van der Waals surface area (Å²) in [5, 5.41) is 5.18. The van der Waals surface area contributed by atoms with E-state index in [0.29, 0.717) is 26.4 Å². The van der Waals surface area contributed by atoms with Crippen molar-refractivity contribution in [3.8, 4) is 5.75 Å². The van der Waals surface area contributed by atoms with Crippen molar-refractivity contribution in [2.24, 2.45) is 0 Å². The standard InChI is InChI=1S/C21H27NO4/c1-3-24-18-9-10-20-16(12-18)6-4-7-19(20)17-13-25-21(26-14-17)8-5-11-22-15(2)23/h4,6-7,9-10,12,17,21H,3,5,8,11,13-14H2,1-2H3,(H,22,23). The third-order valence-corrected chi connectivity index (χ3v) is 4.59. The molecule has 0 atom stereocenters. The van der Waals surface area contributed by atoms with E-state index in [4.69, 9.17) is 14.2 Å². The van der Waals surface area contributed by atoms with E-state index in [1.165, 1.54) is 23.3 Å². The van der Waals surface area contributed by atoms with Crippen molar-refractivity contribution in [3.63, 3.8) is 0 Å². The first-order chi connectivity index (χ1) is 12.7. The lowest BCUT2D eigenvalue weighted by molar-refractivity contribution is -0.189. The summed E-state index contributed by atoms with van der Waals surface area (Å²) in [6.45, 7) is 6.14. The highest BCUT2D eigenvalue weighted by Crippen LogP contribution is 2.31. The second-order valence-electron chi connectivity index (χ2n) is 6.58. The quantitative estimate of drug-likeness (QED) is 0.769. The minimum atomic E-state index is -0.181. The normalized spacial score (nSPS) is 20.1. The van der Waals surface area contributed by atoms with Gasteiger partial charge in [0.05, 0.1) is 19.8 Å². The molecule has 1 heterocycles. The highest BCUT2D eigenvalue weighted by atomic mass is 16.7. The molecule has 2 aromatic rings. The number of amides is 1. The van der Waals surface area contributed by atoms with Crippen molar-refractivity contribution >= 4 is 16.7 Å². The molecule has 1 aliphatic heterocycles.